The van der Waals surface area contributed by atoms with Crippen LogP contribution in [-0.2, 0) is 6.54 Å². The Labute approximate surface area is 119 Å². The van der Waals surface area contributed by atoms with Crippen LogP contribution in [0.3, 0.4) is 0 Å². The second-order valence-corrected chi connectivity index (χ2v) is 5.89. The smallest absolute Gasteiger partial charge is 0.141 e. The average Bonchev–Trinajstić information content (AvgIpc) is 3.06. The van der Waals surface area contributed by atoms with E-state index in [1.54, 1.807) is 6.07 Å². The Kier molecular flexibility index (Phi) is 4.29. The molecule has 2 N–H and O–H groups in total. The van der Waals surface area contributed by atoms with Crippen LogP contribution in [0.15, 0.2) is 18.3 Å². The topological polar surface area (TPSA) is 48.4 Å². The zero-order chi connectivity index (χ0) is 13.9. The fourth-order valence-corrected chi connectivity index (χ4v) is 3.43. The maximum absolute atomic E-state index is 12.8. The van der Waals surface area contributed by atoms with E-state index in [0.29, 0.717) is 18.6 Å². The maximum Gasteiger partial charge on any atom is 0.141 e. The summed E-state index contributed by atoms with van der Waals surface area (Å²) in [6.45, 7) is 2.48. The summed E-state index contributed by atoms with van der Waals surface area (Å²) in [6, 6.07) is 4.15. The molecule has 4 nitrogen and oxygen atoms in total. The molecule has 0 amide bonds. The number of nitrogens with zero attached hydrogens (tertiary/aromatic N) is 2. The highest BCUT2D eigenvalue weighted by molar-refractivity contribution is 5.05. The lowest BCUT2D eigenvalue weighted by Gasteiger charge is -2.29. The molecule has 20 heavy (non-hydrogen) atoms. The SMILES string of the molecule is OC1CCN([C@H]2CCC[C@H]2NCc2ccc(F)cn2)C1. The van der Waals surface area contributed by atoms with Gasteiger partial charge in [0.1, 0.15) is 5.82 Å². The standard InChI is InChI=1S/C15H22FN3O/c16-11-4-5-12(17-8-11)9-18-14-2-1-3-15(14)19-7-6-13(20)10-19/h4-5,8,13-15,18,20H,1-3,6-7,9-10H2/t13?,14-,15+/m1/s1. The summed E-state index contributed by atoms with van der Waals surface area (Å²) < 4.78 is 12.8. The third-order valence-electron chi connectivity index (χ3n) is 4.48. The van der Waals surface area contributed by atoms with Crippen LogP contribution in [0.25, 0.3) is 0 Å². The van der Waals surface area contributed by atoms with Crippen LogP contribution in [0.4, 0.5) is 4.39 Å². The minimum atomic E-state index is -0.293. The molecule has 0 bridgehead atoms. The lowest BCUT2D eigenvalue weighted by Crippen LogP contribution is -2.46. The van der Waals surface area contributed by atoms with Crippen molar-refractivity contribution in [3.63, 3.8) is 0 Å². The summed E-state index contributed by atoms with van der Waals surface area (Å²) >= 11 is 0. The second kappa shape index (κ2) is 6.16. The number of halogens is 1. The number of aliphatic hydroxyl groups excluding tert-OH is 1. The molecule has 1 aliphatic carbocycles. The zero-order valence-electron chi connectivity index (χ0n) is 11.6. The molecule has 1 aliphatic heterocycles. The predicted molar refractivity (Wildman–Crippen MR) is 74.7 cm³/mol. The minimum Gasteiger partial charge on any atom is -0.392 e. The molecule has 110 valence electrons. The summed E-state index contributed by atoms with van der Waals surface area (Å²) in [5.74, 6) is -0.293. The Morgan fingerprint density at radius 2 is 2.25 bits per heavy atom. The maximum atomic E-state index is 12.8. The van der Waals surface area contributed by atoms with Crippen molar-refractivity contribution in [1.82, 2.24) is 15.2 Å². The van der Waals surface area contributed by atoms with Crippen LogP contribution in [0.5, 0.6) is 0 Å². The second-order valence-electron chi connectivity index (χ2n) is 5.89. The summed E-state index contributed by atoms with van der Waals surface area (Å²) in [5.41, 5.74) is 0.874. The minimum absolute atomic E-state index is 0.157. The van der Waals surface area contributed by atoms with Crippen molar-refractivity contribution in [2.75, 3.05) is 13.1 Å². The van der Waals surface area contributed by atoms with Gasteiger partial charge in [0.15, 0.2) is 0 Å². The summed E-state index contributed by atoms with van der Waals surface area (Å²) in [6.07, 6.45) is 5.59. The first-order chi connectivity index (χ1) is 9.72. The lowest BCUT2D eigenvalue weighted by molar-refractivity contribution is 0.150. The first-order valence-corrected chi connectivity index (χ1v) is 7.48. The van der Waals surface area contributed by atoms with Crippen molar-refractivity contribution < 1.29 is 9.50 Å². The van der Waals surface area contributed by atoms with Crippen LogP contribution < -0.4 is 5.32 Å². The number of aromatic nitrogens is 1. The van der Waals surface area contributed by atoms with Crippen molar-refractivity contribution in [2.45, 2.75) is 50.4 Å². The first-order valence-electron chi connectivity index (χ1n) is 7.48. The third kappa shape index (κ3) is 3.16. The Bertz CT molecular complexity index is 439. The predicted octanol–water partition coefficient (Wildman–Crippen LogP) is 1.30. The number of β-amino-alcohol motifs (C(OH)–C–C–N with tert-alkyl or cyclic N) is 1. The third-order valence-corrected chi connectivity index (χ3v) is 4.48. The van der Waals surface area contributed by atoms with Crippen molar-refractivity contribution in [2.24, 2.45) is 0 Å². The molecule has 3 rings (SSSR count). The Morgan fingerprint density at radius 3 is 2.95 bits per heavy atom. The van der Waals surface area contributed by atoms with Gasteiger partial charge in [0.25, 0.3) is 0 Å². The van der Waals surface area contributed by atoms with Gasteiger partial charge >= 0.3 is 0 Å². The molecule has 2 aliphatic rings. The molecule has 2 fully saturated rings. The van der Waals surface area contributed by atoms with Crippen molar-refractivity contribution >= 4 is 0 Å². The monoisotopic (exact) mass is 279 g/mol. The van der Waals surface area contributed by atoms with E-state index < -0.39 is 0 Å². The van der Waals surface area contributed by atoms with E-state index in [2.05, 4.69) is 15.2 Å². The van der Waals surface area contributed by atoms with Gasteiger partial charge in [-0.3, -0.25) is 9.88 Å². The van der Waals surface area contributed by atoms with Crippen molar-refractivity contribution in [1.29, 1.82) is 0 Å². The van der Waals surface area contributed by atoms with Crippen LogP contribution in [0.2, 0.25) is 0 Å². The van der Waals surface area contributed by atoms with Gasteiger partial charge in [0.2, 0.25) is 0 Å². The Balaban J connectivity index is 1.55. The molecule has 0 aromatic carbocycles. The number of hydrogen-bond donors (Lipinski definition) is 2. The molecule has 0 radical (unpaired) electrons. The molecule has 1 aromatic heterocycles. The highest BCUT2D eigenvalue weighted by Crippen LogP contribution is 2.27. The van der Waals surface area contributed by atoms with E-state index in [1.807, 2.05) is 0 Å². The molecule has 1 saturated carbocycles. The van der Waals surface area contributed by atoms with Gasteiger partial charge in [-0.1, -0.05) is 6.42 Å². The van der Waals surface area contributed by atoms with E-state index in [1.165, 1.54) is 31.5 Å². The summed E-state index contributed by atoms with van der Waals surface area (Å²) in [7, 11) is 0. The van der Waals surface area contributed by atoms with Crippen LogP contribution in [-0.4, -0.2) is 46.3 Å². The molecule has 2 heterocycles. The molecule has 1 unspecified atom stereocenters. The van der Waals surface area contributed by atoms with Gasteiger partial charge in [-0.05, 0) is 31.4 Å². The van der Waals surface area contributed by atoms with Crippen molar-refractivity contribution in [3.05, 3.63) is 29.8 Å². The Hall–Kier alpha value is -1.04. The Morgan fingerprint density at radius 1 is 1.35 bits per heavy atom. The van der Waals surface area contributed by atoms with Crippen LogP contribution in [0.1, 0.15) is 31.4 Å². The summed E-state index contributed by atoms with van der Waals surface area (Å²) in [4.78, 5) is 6.49. The van der Waals surface area contributed by atoms with E-state index in [4.69, 9.17) is 0 Å². The number of rotatable bonds is 4. The van der Waals surface area contributed by atoms with Gasteiger partial charge in [-0.15, -0.1) is 0 Å². The zero-order valence-corrected chi connectivity index (χ0v) is 11.6. The van der Waals surface area contributed by atoms with E-state index in [-0.39, 0.29) is 11.9 Å². The van der Waals surface area contributed by atoms with Gasteiger partial charge in [0, 0.05) is 31.7 Å². The molecular weight excluding hydrogens is 257 g/mol. The first kappa shape index (κ1) is 13.9. The fraction of sp³-hybridized carbons (Fsp3) is 0.667. The fourth-order valence-electron chi connectivity index (χ4n) is 3.43. The van der Waals surface area contributed by atoms with Crippen molar-refractivity contribution in [3.8, 4) is 0 Å². The normalized spacial score (nSPS) is 31.0. The van der Waals surface area contributed by atoms with Crippen LogP contribution in [0, 0.1) is 5.82 Å². The number of nitrogens with one attached hydrogen (secondary N) is 1. The highest BCUT2D eigenvalue weighted by Gasteiger charge is 2.35. The number of pyridine rings is 1. The van der Waals surface area contributed by atoms with Crippen LogP contribution >= 0.6 is 0 Å². The molecule has 3 atom stereocenters. The molecule has 1 aromatic rings. The lowest BCUT2D eigenvalue weighted by atomic mass is 10.1. The number of aliphatic hydroxyl groups is 1. The quantitative estimate of drug-likeness (QED) is 0.872. The molecule has 0 spiro atoms. The summed E-state index contributed by atoms with van der Waals surface area (Å²) in [5, 5.41) is 13.2. The highest BCUT2D eigenvalue weighted by atomic mass is 19.1. The molecular formula is C15H22FN3O. The number of hydrogen-bond acceptors (Lipinski definition) is 4. The molecule has 5 heteroatoms. The van der Waals surface area contributed by atoms with E-state index in [9.17, 15) is 9.50 Å². The van der Waals surface area contributed by atoms with Gasteiger partial charge < -0.3 is 10.4 Å². The van der Waals surface area contributed by atoms with E-state index >= 15 is 0 Å². The largest absolute Gasteiger partial charge is 0.392 e. The van der Waals surface area contributed by atoms with Gasteiger partial charge in [-0.25, -0.2) is 4.39 Å². The van der Waals surface area contributed by atoms with Gasteiger partial charge in [-0.2, -0.15) is 0 Å². The van der Waals surface area contributed by atoms with E-state index in [0.717, 1.165) is 25.2 Å². The number of likely N-dealkylation sites (tertiary alicyclic amines) is 1. The molecule has 1 saturated heterocycles. The van der Waals surface area contributed by atoms with Gasteiger partial charge in [0.05, 0.1) is 18.0 Å². The average molecular weight is 279 g/mol.